The zero-order valence-corrected chi connectivity index (χ0v) is 17.8. The molecule has 2 N–H and O–H groups in total. The van der Waals surface area contributed by atoms with Crippen LogP contribution < -0.4 is 20.1 Å². The maximum Gasteiger partial charge on any atom is 0.262 e. The number of nitrogens with zero attached hydrogens (tertiary/aromatic N) is 1. The molecule has 2 amide bonds. The molecule has 164 valence electrons. The number of hydrogen-bond acceptors (Lipinski definition) is 6. The van der Waals surface area contributed by atoms with Crippen LogP contribution in [0.5, 0.6) is 11.5 Å². The van der Waals surface area contributed by atoms with Gasteiger partial charge in [-0.1, -0.05) is 6.07 Å². The van der Waals surface area contributed by atoms with Gasteiger partial charge in [0, 0.05) is 24.8 Å². The summed E-state index contributed by atoms with van der Waals surface area (Å²) in [5.74, 6) is -0.00851. The Morgan fingerprint density at radius 1 is 1.26 bits per heavy atom. The average molecular weight is 445 g/mol. The molecular weight excluding hydrogens is 422 g/mol. The maximum absolute atomic E-state index is 13.2. The molecule has 9 nitrogen and oxygen atoms in total. The Morgan fingerprint density at radius 2 is 2.10 bits per heavy atom. The van der Waals surface area contributed by atoms with E-state index in [-0.39, 0.29) is 29.9 Å². The fourth-order valence-electron chi connectivity index (χ4n) is 3.69. The second kappa shape index (κ2) is 8.56. The van der Waals surface area contributed by atoms with E-state index in [2.05, 4.69) is 10.6 Å². The number of nitrogens with one attached hydrogen (secondary N) is 2. The SMILES string of the molecule is COc1cccc(NC(=O)[C@@H]2CCCN(S(=O)(=O)c3ccc4c(c3)NC(=O)CO4)C2)c1. The van der Waals surface area contributed by atoms with Crippen molar-refractivity contribution < 1.29 is 27.5 Å². The Labute approximate surface area is 180 Å². The number of anilines is 2. The van der Waals surface area contributed by atoms with Gasteiger partial charge in [-0.2, -0.15) is 4.31 Å². The van der Waals surface area contributed by atoms with Gasteiger partial charge in [0.25, 0.3) is 5.91 Å². The molecule has 2 heterocycles. The van der Waals surface area contributed by atoms with Crippen molar-refractivity contribution in [2.45, 2.75) is 17.7 Å². The number of fused-ring (bicyclic) bond motifs is 1. The molecule has 2 aromatic rings. The van der Waals surface area contributed by atoms with Crippen LogP contribution in [0.3, 0.4) is 0 Å². The van der Waals surface area contributed by atoms with E-state index in [4.69, 9.17) is 9.47 Å². The molecule has 31 heavy (non-hydrogen) atoms. The fourth-order valence-corrected chi connectivity index (χ4v) is 5.24. The molecule has 0 saturated carbocycles. The Bertz CT molecular complexity index is 1120. The van der Waals surface area contributed by atoms with Gasteiger partial charge in [0.05, 0.1) is 23.6 Å². The summed E-state index contributed by atoms with van der Waals surface area (Å²) in [6, 6.07) is 11.4. The topological polar surface area (TPSA) is 114 Å². The van der Waals surface area contributed by atoms with Gasteiger partial charge in [0.15, 0.2) is 6.61 Å². The van der Waals surface area contributed by atoms with Crippen LogP contribution >= 0.6 is 0 Å². The van der Waals surface area contributed by atoms with Crippen molar-refractivity contribution in [1.82, 2.24) is 4.31 Å². The lowest BCUT2D eigenvalue weighted by Gasteiger charge is -2.31. The lowest BCUT2D eigenvalue weighted by molar-refractivity contribution is -0.121. The first-order chi connectivity index (χ1) is 14.9. The molecule has 0 unspecified atom stereocenters. The van der Waals surface area contributed by atoms with Crippen molar-refractivity contribution in [2.75, 3.05) is 37.4 Å². The highest BCUT2D eigenvalue weighted by molar-refractivity contribution is 7.89. The van der Waals surface area contributed by atoms with E-state index in [9.17, 15) is 18.0 Å². The summed E-state index contributed by atoms with van der Waals surface area (Å²) in [4.78, 5) is 24.4. The Balaban J connectivity index is 1.49. The number of carbonyl (C=O) groups excluding carboxylic acids is 2. The summed E-state index contributed by atoms with van der Waals surface area (Å²) >= 11 is 0. The second-order valence-electron chi connectivity index (χ2n) is 7.42. The molecule has 2 aromatic carbocycles. The Morgan fingerprint density at radius 3 is 2.90 bits per heavy atom. The van der Waals surface area contributed by atoms with Crippen LogP contribution in [-0.2, 0) is 19.6 Å². The average Bonchev–Trinajstić information content (AvgIpc) is 2.78. The molecule has 10 heteroatoms. The zero-order chi connectivity index (χ0) is 22.0. The van der Waals surface area contributed by atoms with Crippen molar-refractivity contribution in [1.29, 1.82) is 0 Å². The minimum atomic E-state index is -3.84. The lowest BCUT2D eigenvalue weighted by atomic mass is 9.98. The lowest BCUT2D eigenvalue weighted by Crippen LogP contribution is -2.43. The summed E-state index contributed by atoms with van der Waals surface area (Å²) in [5.41, 5.74) is 0.913. The van der Waals surface area contributed by atoms with Gasteiger partial charge >= 0.3 is 0 Å². The number of carbonyl (C=O) groups is 2. The van der Waals surface area contributed by atoms with Crippen LogP contribution in [0.25, 0.3) is 0 Å². The second-order valence-corrected chi connectivity index (χ2v) is 9.36. The molecular formula is C21H23N3O6S. The quantitative estimate of drug-likeness (QED) is 0.728. The predicted octanol–water partition coefficient (Wildman–Crippen LogP) is 2.07. The summed E-state index contributed by atoms with van der Waals surface area (Å²) < 4.78 is 38.1. The van der Waals surface area contributed by atoms with Gasteiger partial charge in [-0.05, 0) is 43.2 Å². The van der Waals surface area contributed by atoms with E-state index in [0.29, 0.717) is 42.3 Å². The third-order valence-corrected chi connectivity index (χ3v) is 7.17. The maximum atomic E-state index is 13.2. The third kappa shape index (κ3) is 4.49. The monoisotopic (exact) mass is 445 g/mol. The van der Waals surface area contributed by atoms with Crippen molar-refractivity contribution in [3.05, 3.63) is 42.5 Å². The van der Waals surface area contributed by atoms with Gasteiger partial charge in [0.2, 0.25) is 15.9 Å². The molecule has 0 aromatic heterocycles. The van der Waals surface area contributed by atoms with Crippen LogP contribution in [0.4, 0.5) is 11.4 Å². The van der Waals surface area contributed by atoms with Crippen molar-refractivity contribution in [3.8, 4) is 11.5 Å². The minimum Gasteiger partial charge on any atom is -0.497 e. The number of ether oxygens (including phenoxy) is 2. The number of sulfonamides is 1. The number of benzene rings is 2. The van der Waals surface area contributed by atoms with Crippen LogP contribution in [0, 0.1) is 5.92 Å². The summed E-state index contributed by atoms with van der Waals surface area (Å²) in [5, 5.41) is 5.46. The molecule has 2 aliphatic rings. The van der Waals surface area contributed by atoms with Crippen molar-refractivity contribution in [3.63, 3.8) is 0 Å². The van der Waals surface area contributed by atoms with Crippen LogP contribution in [0.2, 0.25) is 0 Å². The summed E-state index contributed by atoms with van der Waals surface area (Å²) in [7, 11) is -2.29. The molecule has 0 bridgehead atoms. The molecule has 4 rings (SSSR count). The largest absolute Gasteiger partial charge is 0.497 e. The Kier molecular flexibility index (Phi) is 5.84. The first-order valence-electron chi connectivity index (χ1n) is 9.88. The number of piperidine rings is 1. The number of methoxy groups -OCH3 is 1. The standard InChI is InChI=1S/C21H23N3O6S/c1-29-16-6-2-5-15(10-16)22-21(26)14-4-3-9-24(12-14)31(27,28)17-7-8-19-18(11-17)23-20(25)13-30-19/h2,5-8,10-11,14H,3-4,9,12-13H2,1H3,(H,22,26)(H,23,25)/t14-/m1/s1. The Hall–Kier alpha value is -3.11. The highest BCUT2D eigenvalue weighted by Gasteiger charge is 2.34. The van der Waals surface area contributed by atoms with Crippen molar-refractivity contribution >= 4 is 33.2 Å². The highest BCUT2D eigenvalue weighted by Crippen LogP contribution is 2.32. The molecule has 1 saturated heterocycles. The van der Waals surface area contributed by atoms with E-state index in [0.717, 1.165) is 0 Å². The number of hydrogen-bond donors (Lipinski definition) is 2. The number of amides is 2. The molecule has 0 spiro atoms. The van der Waals surface area contributed by atoms with Gasteiger partial charge in [-0.25, -0.2) is 8.42 Å². The van der Waals surface area contributed by atoms with Crippen LogP contribution in [-0.4, -0.2) is 51.3 Å². The van der Waals surface area contributed by atoms with Gasteiger partial charge < -0.3 is 20.1 Å². The molecule has 2 aliphatic heterocycles. The normalized spacial score (nSPS) is 19.0. The first kappa shape index (κ1) is 21.1. The van der Waals surface area contributed by atoms with Crippen LogP contribution in [0.1, 0.15) is 12.8 Å². The molecule has 1 atom stereocenters. The number of rotatable bonds is 5. The van der Waals surface area contributed by atoms with E-state index < -0.39 is 15.9 Å². The molecule has 0 aliphatic carbocycles. The van der Waals surface area contributed by atoms with Gasteiger partial charge in [-0.15, -0.1) is 0 Å². The van der Waals surface area contributed by atoms with Crippen molar-refractivity contribution in [2.24, 2.45) is 5.92 Å². The molecule has 0 radical (unpaired) electrons. The third-order valence-electron chi connectivity index (χ3n) is 5.31. The van der Waals surface area contributed by atoms with E-state index in [1.54, 1.807) is 31.4 Å². The minimum absolute atomic E-state index is 0.0471. The molecule has 1 fully saturated rings. The van der Waals surface area contributed by atoms with E-state index >= 15 is 0 Å². The van der Waals surface area contributed by atoms with E-state index in [1.807, 2.05) is 0 Å². The smallest absolute Gasteiger partial charge is 0.262 e. The van der Waals surface area contributed by atoms with Gasteiger partial charge in [0.1, 0.15) is 11.5 Å². The first-order valence-corrected chi connectivity index (χ1v) is 11.3. The fraction of sp³-hybridized carbons (Fsp3) is 0.333. The van der Waals surface area contributed by atoms with E-state index in [1.165, 1.54) is 22.5 Å². The summed E-state index contributed by atoms with van der Waals surface area (Å²) in [6.07, 6.45) is 1.16. The zero-order valence-electron chi connectivity index (χ0n) is 17.0. The van der Waals surface area contributed by atoms with Crippen LogP contribution in [0.15, 0.2) is 47.4 Å². The summed E-state index contributed by atoms with van der Waals surface area (Å²) in [6.45, 7) is 0.304. The van der Waals surface area contributed by atoms with Gasteiger partial charge in [-0.3, -0.25) is 9.59 Å². The predicted molar refractivity (Wildman–Crippen MR) is 114 cm³/mol. The highest BCUT2D eigenvalue weighted by atomic mass is 32.2.